The van der Waals surface area contributed by atoms with E-state index in [0.717, 1.165) is 8.04 Å². The Bertz CT molecular complexity index is 334. The first kappa shape index (κ1) is 11.8. The first-order valence-corrected chi connectivity index (χ1v) is 5.72. The van der Waals surface area contributed by atoms with Crippen LogP contribution in [0.2, 0.25) is 0 Å². The van der Waals surface area contributed by atoms with Gasteiger partial charge in [-0.25, -0.2) is 4.79 Å². The molecule has 3 nitrogen and oxygen atoms in total. The van der Waals surface area contributed by atoms with Crippen molar-refractivity contribution in [3.8, 4) is 5.75 Å². The van der Waals surface area contributed by atoms with Crippen LogP contribution in [0.25, 0.3) is 0 Å². The number of carbonyl (C=O) groups excluding carboxylic acids is 1. The Morgan fingerprint density at radius 2 is 2.14 bits per heavy atom. The topological polar surface area (TPSA) is 29.5 Å². The second-order valence-electron chi connectivity index (χ2n) is 2.81. The second-order valence-corrected chi connectivity index (χ2v) is 4.83. The van der Waals surface area contributed by atoms with Crippen molar-refractivity contribution in [2.45, 2.75) is 0 Å². The van der Waals surface area contributed by atoms with Crippen molar-refractivity contribution in [3.05, 3.63) is 26.2 Å². The Hall–Kier alpha value is -0.300. The number of ether oxygens (including phenoxy) is 1. The zero-order chi connectivity index (χ0) is 10.7. The van der Waals surface area contributed by atoms with Crippen molar-refractivity contribution < 1.29 is 9.53 Å². The molecule has 0 aliphatic heterocycles. The largest absolute Gasteiger partial charge is 0.414 e. The quantitative estimate of drug-likeness (QED) is 0.712. The highest BCUT2D eigenvalue weighted by molar-refractivity contribution is 14.1. The minimum Gasteiger partial charge on any atom is -0.408 e. The number of hydrogen-bond donors (Lipinski definition) is 0. The molecule has 5 heteroatoms. The maximum Gasteiger partial charge on any atom is 0.414 e. The molecule has 0 heterocycles. The molecule has 1 rings (SSSR count). The van der Waals surface area contributed by atoms with Crippen molar-refractivity contribution >= 4 is 44.6 Å². The van der Waals surface area contributed by atoms with Gasteiger partial charge in [0.15, 0.2) is 5.75 Å². The Kier molecular flexibility index (Phi) is 4.18. The van der Waals surface area contributed by atoms with E-state index in [1.54, 1.807) is 14.1 Å². The van der Waals surface area contributed by atoms with Crippen LogP contribution in [0.1, 0.15) is 0 Å². The van der Waals surface area contributed by atoms with Gasteiger partial charge in [0.05, 0.1) is 8.04 Å². The molecule has 0 bridgehead atoms. The van der Waals surface area contributed by atoms with Crippen LogP contribution in [-0.2, 0) is 0 Å². The Morgan fingerprint density at radius 1 is 1.50 bits per heavy atom. The third-order valence-electron chi connectivity index (χ3n) is 1.47. The molecule has 0 fully saturated rings. The molecular weight excluding hydrogens is 361 g/mol. The molecule has 76 valence electrons. The van der Waals surface area contributed by atoms with Gasteiger partial charge in [0, 0.05) is 14.1 Å². The zero-order valence-electron chi connectivity index (χ0n) is 7.75. The van der Waals surface area contributed by atoms with Crippen molar-refractivity contribution in [2.75, 3.05) is 14.1 Å². The summed E-state index contributed by atoms with van der Waals surface area (Å²) in [6.45, 7) is 0. The summed E-state index contributed by atoms with van der Waals surface area (Å²) in [6, 6.07) is 5.60. The lowest BCUT2D eigenvalue weighted by atomic mass is 10.3. The number of hydrogen-bond acceptors (Lipinski definition) is 2. The highest BCUT2D eigenvalue weighted by Crippen LogP contribution is 2.30. The van der Waals surface area contributed by atoms with E-state index in [2.05, 4.69) is 38.5 Å². The summed E-state index contributed by atoms with van der Waals surface area (Å²) in [4.78, 5) is 12.7. The molecule has 1 aromatic rings. The Balaban J connectivity index is 2.91. The zero-order valence-corrected chi connectivity index (χ0v) is 11.5. The van der Waals surface area contributed by atoms with Crippen molar-refractivity contribution in [1.82, 2.24) is 4.90 Å². The third-order valence-corrected chi connectivity index (χ3v) is 2.95. The minimum atomic E-state index is -0.380. The van der Waals surface area contributed by atoms with E-state index in [-0.39, 0.29) is 6.09 Å². The fourth-order valence-electron chi connectivity index (χ4n) is 0.759. The van der Waals surface area contributed by atoms with E-state index in [1.807, 2.05) is 18.2 Å². The molecule has 0 radical (unpaired) electrons. The second kappa shape index (κ2) is 4.97. The predicted molar refractivity (Wildman–Crippen MR) is 66.6 cm³/mol. The number of rotatable bonds is 1. The maximum atomic E-state index is 11.3. The normalized spacial score (nSPS) is 9.71. The lowest BCUT2D eigenvalue weighted by molar-refractivity contribution is 0.171. The van der Waals surface area contributed by atoms with E-state index in [1.165, 1.54) is 4.90 Å². The molecule has 0 saturated carbocycles. The average Bonchev–Trinajstić information content (AvgIpc) is 2.11. The number of carbonyl (C=O) groups is 1. The summed E-state index contributed by atoms with van der Waals surface area (Å²) in [5.41, 5.74) is 0. The Labute approximate surface area is 105 Å². The number of para-hydroxylation sites is 1. The van der Waals surface area contributed by atoms with E-state index in [9.17, 15) is 4.79 Å². The predicted octanol–water partition coefficient (Wildman–Crippen LogP) is 3.11. The van der Waals surface area contributed by atoms with E-state index < -0.39 is 0 Å². The summed E-state index contributed by atoms with van der Waals surface area (Å²) < 4.78 is 6.84. The van der Waals surface area contributed by atoms with Crippen molar-refractivity contribution in [3.63, 3.8) is 0 Å². The highest BCUT2D eigenvalue weighted by Gasteiger charge is 2.12. The SMILES string of the molecule is CN(C)C(=O)Oc1c(Br)cccc1I. The number of benzene rings is 1. The van der Waals surface area contributed by atoms with Gasteiger partial charge >= 0.3 is 6.09 Å². The van der Waals surface area contributed by atoms with Gasteiger partial charge in [-0.1, -0.05) is 6.07 Å². The minimum absolute atomic E-state index is 0.380. The lowest BCUT2D eigenvalue weighted by Crippen LogP contribution is -2.25. The van der Waals surface area contributed by atoms with Crippen LogP contribution in [0.5, 0.6) is 5.75 Å². The van der Waals surface area contributed by atoms with Crippen LogP contribution in [-0.4, -0.2) is 25.1 Å². The molecule has 0 unspecified atom stereocenters. The summed E-state index contributed by atoms with van der Waals surface area (Å²) in [6.07, 6.45) is -0.380. The van der Waals surface area contributed by atoms with Crippen molar-refractivity contribution in [1.29, 1.82) is 0 Å². The molecule has 0 aliphatic carbocycles. The van der Waals surface area contributed by atoms with Gasteiger partial charge in [-0.3, -0.25) is 0 Å². The first-order valence-electron chi connectivity index (χ1n) is 3.85. The van der Waals surface area contributed by atoms with Crippen LogP contribution >= 0.6 is 38.5 Å². The Morgan fingerprint density at radius 3 is 2.64 bits per heavy atom. The summed E-state index contributed by atoms with van der Waals surface area (Å²) >= 11 is 5.44. The van der Waals surface area contributed by atoms with E-state index in [0.29, 0.717) is 5.75 Å². The molecule has 0 spiro atoms. The van der Waals surface area contributed by atoms with Crippen LogP contribution in [0.4, 0.5) is 4.79 Å². The molecule has 0 atom stereocenters. The molecule has 1 aromatic carbocycles. The smallest absolute Gasteiger partial charge is 0.408 e. The standard InChI is InChI=1S/C9H9BrINO2/c1-12(2)9(13)14-8-6(10)4-3-5-7(8)11/h3-5H,1-2H3. The lowest BCUT2D eigenvalue weighted by Gasteiger charge is -2.12. The molecule has 0 saturated heterocycles. The van der Waals surface area contributed by atoms with Crippen LogP contribution in [0.3, 0.4) is 0 Å². The number of nitrogens with zero attached hydrogens (tertiary/aromatic N) is 1. The fourth-order valence-corrected chi connectivity index (χ4v) is 2.18. The van der Waals surface area contributed by atoms with Crippen LogP contribution < -0.4 is 4.74 Å². The summed E-state index contributed by atoms with van der Waals surface area (Å²) in [5.74, 6) is 0.562. The fraction of sp³-hybridized carbons (Fsp3) is 0.222. The monoisotopic (exact) mass is 369 g/mol. The molecule has 0 aromatic heterocycles. The van der Waals surface area contributed by atoms with Gasteiger partial charge in [-0.2, -0.15) is 0 Å². The van der Waals surface area contributed by atoms with Gasteiger partial charge in [0.2, 0.25) is 0 Å². The van der Waals surface area contributed by atoms with Crippen LogP contribution in [0, 0.1) is 3.57 Å². The van der Waals surface area contributed by atoms with E-state index in [4.69, 9.17) is 4.74 Å². The average molecular weight is 370 g/mol. The highest BCUT2D eigenvalue weighted by atomic mass is 127. The van der Waals surface area contributed by atoms with Gasteiger partial charge in [-0.15, -0.1) is 0 Å². The van der Waals surface area contributed by atoms with Gasteiger partial charge in [-0.05, 0) is 50.7 Å². The molecule has 1 amide bonds. The third kappa shape index (κ3) is 2.84. The maximum absolute atomic E-state index is 11.3. The summed E-state index contributed by atoms with van der Waals surface area (Å²) in [7, 11) is 3.29. The summed E-state index contributed by atoms with van der Waals surface area (Å²) in [5, 5.41) is 0. The van der Waals surface area contributed by atoms with Gasteiger partial charge < -0.3 is 9.64 Å². The number of halogens is 2. The van der Waals surface area contributed by atoms with E-state index >= 15 is 0 Å². The molecular formula is C9H9BrINO2. The van der Waals surface area contributed by atoms with Gasteiger partial charge in [0.1, 0.15) is 0 Å². The molecule has 0 aliphatic rings. The van der Waals surface area contributed by atoms with Gasteiger partial charge in [0.25, 0.3) is 0 Å². The van der Waals surface area contributed by atoms with Crippen molar-refractivity contribution in [2.24, 2.45) is 0 Å². The van der Waals surface area contributed by atoms with Crippen LogP contribution in [0.15, 0.2) is 22.7 Å². The first-order chi connectivity index (χ1) is 6.52. The molecule has 0 N–H and O–H groups in total. The number of amides is 1. The molecule has 14 heavy (non-hydrogen) atoms.